The highest BCUT2D eigenvalue weighted by molar-refractivity contribution is 7.98. The van der Waals surface area contributed by atoms with E-state index < -0.39 is 5.97 Å². The van der Waals surface area contributed by atoms with E-state index in [9.17, 15) is 9.90 Å². The van der Waals surface area contributed by atoms with Gasteiger partial charge in [-0.15, -0.1) is 11.8 Å². The van der Waals surface area contributed by atoms with Crippen LogP contribution in [0.15, 0.2) is 41.6 Å². The highest BCUT2D eigenvalue weighted by atomic mass is 35.5. The first-order chi connectivity index (χ1) is 9.08. The zero-order valence-corrected chi connectivity index (χ0v) is 11.8. The van der Waals surface area contributed by atoms with Crippen molar-refractivity contribution in [3.8, 4) is 0 Å². The Bertz CT molecular complexity index is 599. The van der Waals surface area contributed by atoms with Crippen LogP contribution in [-0.2, 0) is 5.75 Å². The maximum Gasteiger partial charge on any atom is 0.338 e. The van der Waals surface area contributed by atoms with E-state index in [0.717, 1.165) is 11.1 Å². The summed E-state index contributed by atoms with van der Waals surface area (Å²) in [7, 11) is 0. The number of nitrogens with zero attached hydrogens (tertiary/aromatic N) is 1. The molecule has 1 aromatic heterocycles. The number of pyridine rings is 1. The normalized spacial score (nSPS) is 10.4. The molecule has 0 aliphatic heterocycles. The fourth-order valence-corrected chi connectivity index (χ4v) is 2.79. The first kappa shape index (κ1) is 13.9. The molecule has 5 heteroatoms. The number of aromatic carboxylic acids is 1. The lowest BCUT2D eigenvalue weighted by atomic mass is 10.2. The summed E-state index contributed by atoms with van der Waals surface area (Å²) in [4.78, 5) is 15.4. The van der Waals surface area contributed by atoms with Gasteiger partial charge in [-0.3, -0.25) is 0 Å². The topological polar surface area (TPSA) is 50.2 Å². The zero-order chi connectivity index (χ0) is 13.8. The fraction of sp³-hybridized carbons (Fsp3) is 0.143. The van der Waals surface area contributed by atoms with Crippen molar-refractivity contribution in [1.82, 2.24) is 4.98 Å². The quantitative estimate of drug-likeness (QED) is 0.865. The molecular weight excluding hydrogens is 282 g/mol. The zero-order valence-electron chi connectivity index (χ0n) is 10.3. The minimum absolute atomic E-state index is 0.279. The Morgan fingerprint density at radius 3 is 2.63 bits per heavy atom. The largest absolute Gasteiger partial charge is 0.478 e. The Kier molecular flexibility index (Phi) is 4.45. The number of hydrogen-bond donors (Lipinski definition) is 1. The summed E-state index contributed by atoms with van der Waals surface area (Å²) in [5.74, 6) is -0.280. The van der Waals surface area contributed by atoms with Crippen molar-refractivity contribution in [2.24, 2.45) is 0 Å². The maximum atomic E-state index is 11.2. The standard InChI is InChI=1S/C14H12ClNO2S/c1-9-6-7-16-13(12(9)14(17)18)19-8-10-2-4-11(15)5-3-10/h2-7H,8H2,1H3,(H,17,18). The molecule has 19 heavy (non-hydrogen) atoms. The van der Waals surface area contributed by atoms with Crippen LogP contribution in [0.4, 0.5) is 0 Å². The van der Waals surface area contributed by atoms with Crippen LogP contribution in [-0.4, -0.2) is 16.1 Å². The van der Waals surface area contributed by atoms with Crippen molar-refractivity contribution in [2.45, 2.75) is 17.7 Å². The van der Waals surface area contributed by atoms with Crippen molar-refractivity contribution >= 4 is 29.3 Å². The van der Waals surface area contributed by atoms with Gasteiger partial charge in [-0.2, -0.15) is 0 Å². The molecule has 0 saturated carbocycles. The molecule has 1 heterocycles. The van der Waals surface area contributed by atoms with Crippen LogP contribution < -0.4 is 0 Å². The van der Waals surface area contributed by atoms with Gasteiger partial charge in [-0.25, -0.2) is 9.78 Å². The van der Waals surface area contributed by atoms with Crippen LogP contribution in [0, 0.1) is 6.92 Å². The molecule has 0 unspecified atom stereocenters. The molecule has 0 aliphatic rings. The minimum atomic E-state index is -0.941. The summed E-state index contributed by atoms with van der Waals surface area (Å²) in [6, 6.07) is 9.19. The fourth-order valence-electron chi connectivity index (χ4n) is 1.64. The molecule has 3 nitrogen and oxygen atoms in total. The van der Waals surface area contributed by atoms with Crippen LogP contribution in [0.1, 0.15) is 21.5 Å². The van der Waals surface area contributed by atoms with Gasteiger partial charge < -0.3 is 5.11 Å². The molecule has 2 aromatic rings. The lowest BCUT2D eigenvalue weighted by Gasteiger charge is -2.07. The molecule has 0 aliphatic carbocycles. The number of aromatic nitrogens is 1. The summed E-state index contributed by atoms with van der Waals surface area (Å²) in [6.07, 6.45) is 1.63. The predicted octanol–water partition coefficient (Wildman–Crippen LogP) is 4.03. The smallest absolute Gasteiger partial charge is 0.338 e. The van der Waals surface area contributed by atoms with Crippen molar-refractivity contribution in [3.63, 3.8) is 0 Å². The van der Waals surface area contributed by atoms with Gasteiger partial charge in [0, 0.05) is 17.0 Å². The van der Waals surface area contributed by atoms with E-state index >= 15 is 0 Å². The molecule has 0 atom stereocenters. The maximum absolute atomic E-state index is 11.2. The van der Waals surface area contributed by atoms with E-state index in [4.69, 9.17) is 11.6 Å². The molecule has 0 spiro atoms. The lowest BCUT2D eigenvalue weighted by molar-refractivity contribution is 0.0691. The monoisotopic (exact) mass is 293 g/mol. The summed E-state index contributed by atoms with van der Waals surface area (Å²) in [5, 5.41) is 10.4. The number of rotatable bonds is 4. The number of carboxylic acid groups (broad SMARTS) is 1. The van der Waals surface area contributed by atoms with Crippen molar-refractivity contribution in [2.75, 3.05) is 0 Å². The third-order valence-corrected chi connectivity index (χ3v) is 3.94. The van der Waals surface area contributed by atoms with E-state index in [0.29, 0.717) is 15.8 Å². The Hall–Kier alpha value is -1.52. The molecule has 2 rings (SSSR count). The highest BCUT2D eigenvalue weighted by Crippen LogP contribution is 2.26. The van der Waals surface area contributed by atoms with Crippen LogP contribution in [0.25, 0.3) is 0 Å². The minimum Gasteiger partial charge on any atom is -0.478 e. The van der Waals surface area contributed by atoms with Crippen molar-refractivity contribution in [3.05, 3.63) is 58.2 Å². The van der Waals surface area contributed by atoms with Crippen molar-refractivity contribution < 1.29 is 9.90 Å². The summed E-state index contributed by atoms with van der Waals surface area (Å²) in [6.45, 7) is 1.78. The van der Waals surface area contributed by atoms with Gasteiger partial charge in [0.15, 0.2) is 0 Å². The van der Waals surface area contributed by atoms with Gasteiger partial charge >= 0.3 is 5.97 Å². The number of halogens is 1. The molecule has 0 bridgehead atoms. The van der Waals surface area contributed by atoms with E-state index in [2.05, 4.69) is 4.98 Å². The second-order valence-electron chi connectivity index (χ2n) is 4.03. The number of aryl methyl sites for hydroxylation is 1. The molecule has 0 amide bonds. The number of benzene rings is 1. The Labute approximate surface area is 120 Å². The predicted molar refractivity (Wildman–Crippen MR) is 76.9 cm³/mol. The number of carboxylic acids is 1. The first-order valence-electron chi connectivity index (χ1n) is 5.64. The van der Waals surface area contributed by atoms with E-state index in [1.807, 2.05) is 24.3 Å². The van der Waals surface area contributed by atoms with Gasteiger partial charge in [0.05, 0.1) is 5.56 Å². The van der Waals surface area contributed by atoms with Crippen LogP contribution >= 0.6 is 23.4 Å². The van der Waals surface area contributed by atoms with Crippen LogP contribution in [0.5, 0.6) is 0 Å². The van der Waals surface area contributed by atoms with Gasteiger partial charge in [-0.05, 0) is 36.2 Å². The average molecular weight is 294 g/mol. The average Bonchev–Trinajstić information content (AvgIpc) is 2.37. The SMILES string of the molecule is Cc1ccnc(SCc2ccc(Cl)cc2)c1C(=O)O. The Balaban J connectivity index is 2.18. The Morgan fingerprint density at radius 1 is 1.32 bits per heavy atom. The van der Waals surface area contributed by atoms with Gasteiger partial charge in [0.2, 0.25) is 0 Å². The second-order valence-corrected chi connectivity index (χ2v) is 5.43. The molecule has 98 valence electrons. The Morgan fingerprint density at radius 2 is 2.00 bits per heavy atom. The third kappa shape index (κ3) is 3.49. The number of hydrogen-bond acceptors (Lipinski definition) is 3. The molecule has 0 fully saturated rings. The lowest BCUT2D eigenvalue weighted by Crippen LogP contribution is -2.03. The van der Waals surface area contributed by atoms with Crippen molar-refractivity contribution in [1.29, 1.82) is 0 Å². The number of carbonyl (C=O) groups is 1. The van der Waals surface area contributed by atoms with Crippen LogP contribution in [0.3, 0.4) is 0 Å². The van der Waals surface area contributed by atoms with E-state index in [1.54, 1.807) is 19.2 Å². The molecule has 1 aromatic carbocycles. The van der Waals surface area contributed by atoms with E-state index in [-0.39, 0.29) is 5.56 Å². The van der Waals surface area contributed by atoms with Gasteiger partial charge in [0.25, 0.3) is 0 Å². The van der Waals surface area contributed by atoms with E-state index in [1.165, 1.54) is 11.8 Å². The molecule has 0 radical (unpaired) electrons. The van der Waals surface area contributed by atoms with Gasteiger partial charge in [0.1, 0.15) is 5.03 Å². The first-order valence-corrected chi connectivity index (χ1v) is 7.00. The molecule has 0 saturated heterocycles. The van der Waals surface area contributed by atoms with Crippen LogP contribution in [0.2, 0.25) is 5.02 Å². The highest BCUT2D eigenvalue weighted by Gasteiger charge is 2.14. The summed E-state index contributed by atoms with van der Waals surface area (Å²) >= 11 is 7.23. The third-order valence-electron chi connectivity index (χ3n) is 2.63. The molecular formula is C14H12ClNO2S. The second kappa shape index (κ2) is 6.08. The summed E-state index contributed by atoms with van der Waals surface area (Å²) in [5.41, 5.74) is 2.08. The number of thioether (sulfide) groups is 1. The molecule has 1 N–H and O–H groups in total. The summed E-state index contributed by atoms with van der Waals surface area (Å²) < 4.78 is 0. The van der Waals surface area contributed by atoms with Gasteiger partial charge in [-0.1, -0.05) is 23.7 Å².